The predicted octanol–water partition coefficient (Wildman–Crippen LogP) is 3.79. The molecule has 5 rings (SSSR count). The van der Waals surface area contributed by atoms with Gasteiger partial charge in [-0.25, -0.2) is 0 Å². The van der Waals surface area contributed by atoms with Crippen LogP contribution >= 0.6 is 15.9 Å². The number of piperazine rings is 1. The van der Waals surface area contributed by atoms with Crippen LogP contribution in [0, 0.1) is 0 Å². The van der Waals surface area contributed by atoms with Gasteiger partial charge < -0.3 is 9.38 Å². The fourth-order valence-corrected chi connectivity index (χ4v) is 5.30. The Bertz CT molecular complexity index is 836. The van der Waals surface area contributed by atoms with E-state index in [0.29, 0.717) is 6.04 Å². The van der Waals surface area contributed by atoms with E-state index in [0.717, 1.165) is 41.4 Å². The number of halogens is 1. The van der Waals surface area contributed by atoms with E-state index in [1.165, 1.54) is 16.7 Å². The number of fused-ring (bicyclic) bond motifs is 2. The largest absolute Gasteiger partial charge is 0.328 e. The van der Waals surface area contributed by atoms with E-state index < -0.39 is 0 Å². The quantitative estimate of drug-likeness (QED) is 0.685. The second-order valence-electron chi connectivity index (χ2n) is 8.11. The van der Waals surface area contributed by atoms with Gasteiger partial charge in [-0.2, -0.15) is 0 Å². The number of benzene rings is 2. The van der Waals surface area contributed by atoms with Crippen molar-refractivity contribution in [3.63, 3.8) is 0 Å². The number of amides is 1. The summed E-state index contributed by atoms with van der Waals surface area (Å²) in [6.07, 6.45) is 2.01. The first-order valence-electron chi connectivity index (χ1n) is 9.37. The summed E-state index contributed by atoms with van der Waals surface area (Å²) in [5.41, 5.74) is 4.24. The summed E-state index contributed by atoms with van der Waals surface area (Å²) in [5.74, 6) is 0.216. The highest BCUT2D eigenvalue weighted by atomic mass is 79.9. The number of nitrogens with zero attached hydrogens (tertiary/aromatic N) is 2. The molecule has 0 radical (unpaired) electrons. The molecule has 4 heteroatoms. The summed E-state index contributed by atoms with van der Waals surface area (Å²) in [6, 6.07) is 18.1. The van der Waals surface area contributed by atoms with E-state index in [4.69, 9.17) is 0 Å². The van der Waals surface area contributed by atoms with Gasteiger partial charge in [0.05, 0.1) is 19.6 Å². The lowest BCUT2D eigenvalue weighted by atomic mass is 9.86. The van der Waals surface area contributed by atoms with Crippen LogP contribution in [0.2, 0.25) is 0 Å². The lowest BCUT2D eigenvalue weighted by Crippen LogP contribution is -2.69. The van der Waals surface area contributed by atoms with Crippen molar-refractivity contribution in [2.75, 3.05) is 20.1 Å². The second kappa shape index (κ2) is 6.82. The van der Waals surface area contributed by atoms with Gasteiger partial charge >= 0.3 is 0 Å². The Labute approximate surface area is 164 Å². The van der Waals surface area contributed by atoms with Crippen LogP contribution in [0.15, 0.2) is 53.0 Å². The van der Waals surface area contributed by atoms with Crippen molar-refractivity contribution in [1.82, 2.24) is 4.90 Å². The highest BCUT2D eigenvalue weighted by molar-refractivity contribution is 9.10. The number of carbonyl (C=O) groups is 1. The minimum atomic E-state index is 0.216. The smallest absolute Gasteiger partial charge is 0.220 e. The molecule has 1 saturated heterocycles. The number of hydrogen-bond acceptors (Lipinski definition) is 1. The van der Waals surface area contributed by atoms with Gasteiger partial charge in [0.2, 0.25) is 5.91 Å². The first kappa shape index (κ1) is 17.7. The molecule has 136 valence electrons. The van der Waals surface area contributed by atoms with E-state index in [1.54, 1.807) is 6.92 Å². The normalized spacial score (nSPS) is 27.6. The van der Waals surface area contributed by atoms with Crippen LogP contribution in [-0.4, -0.2) is 47.5 Å². The summed E-state index contributed by atoms with van der Waals surface area (Å²) in [6.45, 7) is 4.61. The van der Waals surface area contributed by atoms with Crippen molar-refractivity contribution in [3.8, 4) is 0 Å². The molecule has 3 unspecified atom stereocenters. The average Bonchev–Trinajstić information content (AvgIpc) is 2.56. The second-order valence-corrected chi connectivity index (χ2v) is 9.02. The van der Waals surface area contributed by atoms with Crippen LogP contribution in [0.5, 0.6) is 0 Å². The first-order chi connectivity index (χ1) is 12.4. The number of quaternary nitrogens is 1. The molecule has 1 fully saturated rings. The molecular formula is C22H26BrN2O+. The molecule has 0 saturated carbocycles. The first-order valence-corrected chi connectivity index (χ1v) is 10.2. The molecule has 1 amide bonds. The molecule has 2 aromatic carbocycles. The monoisotopic (exact) mass is 413 g/mol. The molecule has 3 atom stereocenters. The molecular weight excluding hydrogens is 388 g/mol. The Morgan fingerprint density at radius 1 is 1.15 bits per heavy atom. The minimum absolute atomic E-state index is 0.216. The Balaban J connectivity index is 1.71. The SMILES string of the molecule is CC(=O)N1CC2Cc3ccccc3CC1C[N+]2(C)Cc1cccc(Br)c1. The van der Waals surface area contributed by atoms with E-state index >= 15 is 0 Å². The van der Waals surface area contributed by atoms with Crippen molar-refractivity contribution < 1.29 is 9.28 Å². The van der Waals surface area contributed by atoms with Crippen LogP contribution in [-0.2, 0) is 24.2 Å². The molecule has 26 heavy (non-hydrogen) atoms. The van der Waals surface area contributed by atoms with Gasteiger partial charge in [0.1, 0.15) is 19.1 Å². The Kier molecular flexibility index (Phi) is 4.66. The van der Waals surface area contributed by atoms with Crippen LogP contribution in [0.4, 0.5) is 0 Å². The van der Waals surface area contributed by atoms with Crippen molar-refractivity contribution >= 4 is 21.8 Å². The molecule has 3 aliphatic heterocycles. The zero-order valence-electron chi connectivity index (χ0n) is 15.5. The molecule has 3 nitrogen and oxygen atoms in total. The molecule has 3 heterocycles. The Hall–Kier alpha value is -1.65. The van der Waals surface area contributed by atoms with E-state index in [-0.39, 0.29) is 11.9 Å². The third kappa shape index (κ3) is 3.33. The lowest BCUT2D eigenvalue weighted by molar-refractivity contribution is -0.952. The maximum absolute atomic E-state index is 12.3. The zero-order chi connectivity index (χ0) is 18.3. The molecule has 0 aliphatic carbocycles. The topological polar surface area (TPSA) is 20.3 Å². The summed E-state index contributed by atoms with van der Waals surface area (Å²) in [5, 5.41) is 0. The minimum Gasteiger partial charge on any atom is -0.328 e. The van der Waals surface area contributed by atoms with Gasteiger partial charge in [0.25, 0.3) is 0 Å². The molecule has 2 aromatic rings. The zero-order valence-corrected chi connectivity index (χ0v) is 17.1. The van der Waals surface area contributed by atoms with E-state index in [2.05, 4.69) is 76.4 Å². The Morgan fingerprint density at radius 2 is 1.88 bits per heavy atom. The maximum atomic E-state index is 12.3. The fraction of sp³-hybridized carbons (Fsp3) is 0.409. The standard InChI is InChI=1S/C22H26BrN2O/c1-16(26)24-13-22-12-19-8-4-3-7-18(19)11-21(24)15-25(22,2)14-17-6-5-9-20(23)10-17/h3-10,21-22H,11-15H2,1-2H3/q+1. The lowest BCUT2D eigenvalue weighted by Gasteiger charge is -2.53. The van der Waals surface area contributed by atoms with Crippen molar-refractivity contribution in [2.45, 2.75) is 38.4 Å². The van der Waals surface area contributed by atoms with Crippen molar-refractivity contribution in [3.05, 3.63) is 69.7 Å². The molecule has 2 bridgehead atoms. The maximum Gasteiger partial charge on any atom is 0.220 e. The number of rotatable bonds is 2. The highest BCUT2D eigenvalue weighted by Gasteiger charge is 2.46. The third-order valence-corrected chi connectivity index (χ3v) is 6.72. The fourth-order valence-electron chi connectivity index (χ4n) is 4.86. The molecule has 0 N–H and O–H groups in total. The van der Waals surface area contributed by atoms with Crippen LogP contribution in [0.3, 0.4) is 0 Å². The summed E-state index contributed by atoms with van der Waals surface area (Å²) in [4.78, 5) is 14.4. The number of carbonyl (C=O) groups excluding carboxylic acids is 1. The predicted molar refractivity (Wildman–Crippen MR) is 108 cm³/mol. The number of likely N-dealkylation sites (N-methyl/N-ethyl adjacent to an activating group) is 1. The van der Waals surface area contributed by atoms with Gasteiger partial charge in [-0.3, -0.25) is 4.79 Å². The summed E-state index contributed by atoms with van der Waals surface area (Å²) >= 11 is 3.60. The van der Waals surface area contributed by atoms with Crippen LogP contribution in [0.25, 0.3) is 0 Å². The van der Waals surface area contributed by atoms with E-state index in [1.807, 2.05) is 0 Å². The van der Waals surface area contributed by atoms with Crippen molar-refractivity contribution in [2.24, 2.45) is 0 Å². The highest BCUT2D eigenvalue weighted by Crippen LogP contribution is 2.33. The van der Waals surface area contributed by atoms with Gasteiger partial charge in [0, 0.05) is 23.4 Å². The Morgan fingerprint density at radius 3 is 2.58 bits per heavy atom. The summed E-state index contributed by atoms with van der Waals surface area (Å²) in [7, 11) is 2.38. The van der Waals surface area contributed by atoms with Crippen molar-refractivity contribution in [1.29, 1.82) is 0 Å². The molecule has 0 aromatic heterocycles. The molecule has 3 aliphatic rings. The van der Waals surface area contributed by atoms with Crippen LogP contribution < -0.4 is 0 Å². The molecule has 0 spiro atoms. The van der Waals surface area contributed by atoms with Gasteiger partial charge in [-0.15, -0.1) is 0 Å². The summed E-state index contributed by atoms with van der Waals surface area (Å²) < 4.78 is 2.13. The van der Waals surface area contributed by atoms with Gasteiger partial charge in [0.15, 0.2) is 0 Å². The van der Waals surface area contributed by atoms with Gasteiger partial charge in [-0.1, -0.05) is 52.3 Å². The van der Waals surface area contributed by atoms with Gasteiger partial charge in [-0.05, 0) is 29.7 Å². The third-order valence-electron chi connectivity index (χ3n) is 6.22. The van der Waals surface area contributed by atoms with Crippen LogP contribution in [0.1, 0.15) is 23.6 Å². The van der Waals surface area contributed by atoms with E-state index in [9.17, 15) is 4.79 Å². The number of hydrogen-bond donors (Lipinski definition) is 0. The average molecular weight is 414 g/mol.